The van der Waals surface area contributed by atoms with Gasteiger partial charge in [-0.2, -0.15) is 11.3 Å². The number of thiophene rings is 1. The van der Waals surface area contributed by atoms with Gasteiger partial charge >= 0.3 is 0 Å². The van der Waals surface area contributed by atoms with Crippen LogP contribution >= 0.6 is 11.3 Å². The molecule has 3 heterocycles. The highest BCUT2D eigenvalue weighted by Crippen LogP contribution is 2.30. The van der Waals surface area contributed by atoms with E-state index < -0.39 is 0 Å². The van der Waals surface area contributed by atoms with Crippen molar-refractivity contribution in [3.8, 4) is 0 Å². The van der Waals surface area contributed by atoms with E-state index >= 15 is 0 Å². The van der Waals surface area contributed by atoms with Crippen molar-refractivity contribution in [1.29, 1.82) is 0 Å². The number of nitrogens with zero attached hydrogens (tertiary/aromatic N) is 3. The van der Waals surface area contributed by atoms with Gasteiger partial charge in [-0.1, -0.05) is 24.3 Å². The summed E-state index contributed by atoms with van der Waals surface area (Å²) in [5.74, 6) is 0.655. The molecule has 1 atom stereocenters. The van der Waals surface area contributed by atoms with E-state index in [2.05, 4.69) is 62.7 Å². The van der Waals surface area contributed by atoms with Crippen molar-refractivity contribution in [2.45, 2.75) is 25.8 Å². The van der Waals surface area contributed by atoms with Crippen LogP contribution in [0.3, 0.4) is 0 Å². The lowest BCUT2D eigenvalue weighted by Gasteiger charge is -2.36. The molecule has 0 unspecified atom stereocenters. The van der Waals surface area contributed by atoms with Gasteiger partial charge in [0.1, 0.15) is 0 Å². The number of aryl methyl sites for hydroxylation is 1. The number of amides is 1. The average Bonchev–Trinajstić information content (AvgIpc) is 3.27. The van der Waals surface area contributed by atoms with Crippen LogP contribution in [0.25, 0.3) is 0 Å². The highest BCUT2D eigenvalue weighted by molar-refractivity contribution is 7.07. The standard InChI is InChI=1S/C21H27N3OS/c1-17-4-2-3-5-20(17)19-12-21(25)24(14-19)16-23-9-7-22(8-10-23)13-18-6-11-26-15-18/h2-6,11,15,19H,7-10,12-14,16H2,1H3/t19-/m1/s1. The first kappa shape index (κ1) is 17.7. The Morgan fingerprint density at radius 3 is 2.58 bits per heavy atom. The number of carbonyl (C=O) groups is 1. The maximum absolute atomic E-state index is 12.5. The van der Waals surface area contributed by atoms with Crippen LogP contribution < -0.4 is 0 Å². The molecule has 1 aromatic carbocycles. The van der Waals surface area contributed by atoms with Gasteiger partial charge in [-0.15, -0.1) is 0 Å². The molecule has 0 radical (unpaired) electrons. The third-order valence-electron chi connectivity index (χ3n) is 5.66. The average molecular weight is 370 g/mol. The van der Waals surface area contributed by atoms with Crippen molar-refractivity contribution in [2.24, 2.45) is 0 Å². The Balaban J connectivity index is 1.28. The van der Waals surface area contributed by atoms with Crippen LogP contribution in [0.1, 0.15) is 29.0 Å². The summed E-state index contributed by atoms with van der Waals surface area (Å²) in [4.78, 5) is 19.5. The van der Waals surface area contributed by atoms with Crippen molar-refractivity contribution in [3.05, 3.63) is 57.8 Å². The van der Waals surface area contributed by atoms with Crippen LogP contribution in [-0.2, 0) is 11.3 Å². The molecule has 138 valence electrons. The van der Waals surface area contributed by atoms with Crippen LogP contribution in [0.4, 0.5) is 0 Å². The molecule has 4 rings (SSSR count). The fourth-order valence-corrected chi connectivity index (χ4v) is 4.79. The van der Waals surface area contributed by atoms with Crippen molar-refractivity contribution in [2.75, 3.05) is 39.4 Å². The van der Waals surface area contributed by atoms with Gasteiger partial charge in [0.05, 0.1) is 6.67 Å². The zero-order valence-electron chi connectivity index (χ0n) is 15.4. The van der Waals surface area contributed by atoms with Crippen LogP contribution in [0.5, 0.6) is 0 Å². The summed E-state index contributed by atoms with van der Waals surface area (Å²) in [5, 5.41) is 4.39. The Hall–Kier alpha value is -1.69. The van der Waals surface area contributed by atoms with Gasteiger partial charge in [-0.05, 0) is 40.4 Å². The minimum atomic E-state index is 0.305. The molecule has 0 bridgehead atoms. The minimum Gasteiger partial charge on any atom is -0.329 e. The van der Waals surface area contributed by atoms with E-state index in [-0.39, 0.29) is 0 Å². The summed E-state index contributed by atoms with van der Waals surface area (Å²) >= 11 is 1.77. The van der Waals surface area contributed by atoms with E-state index in [9.17, 15) is 4.79 Å². The Labute approximate surface area is 160 Å². The van der Waals surface area contributed by atoms with Crippen molar-refractivity contribution < 1.29 is 4.79 Å². The topological polar surface area (TPSA) is 26.8 Å². The normalized spacial score (nSPS) is 22.3. The molecular formula is C21H27N3OS. The molecule has 2 aromatic rings. The Morgan fingerprint density at radius 2 is 1.85 bits per heavy atom. The second-order valence-corrected chi connectivity index (χ2v) is 8.32. The van der Waals surface area contributed by atoms with Gasteiger partial charge in [0.15, 0.2) is 0 Å². The molecule has 0 N–H and O–H groups in total. The van der Waals surface area contributed by atoms with Crippen LogP contribution in [0.2, 0.25) is 0 Å². The summed E-state index contributed by atoms with van der Waals surface area (Å²) < 4.78 is 0. The van der Waals surface area contributed by atoms with Crippen molar-refractivity contribution >= 4 is 17.2 Å². The van der Waals surface area contributed by atoms with Gasteiger partial charge in [-0.25, -0.2) is 0 Å². The Kier molecular flexibility index (Phi) is 5.38. The smallest absolute Gasteiger partial charge is 0.224 e. The number of rotatable bonds is 5. The number of hydrogen-bond acceptors (Lipinski definition) is 4. The summed E-state index contributed by atoms with van der Waals surface area (Å²) in [6, 6.07) is 10.7. The molecule has 2 aliphatic heterocycles. The quantitative estimate of drug-likeness (QED) is 0.810. The number of likely N-dealkylation sites (tertiary alicyclic amines) is 1. The second kappa shape index (κ2) is 7.91. The van der Waals surface area contributed by atoms with Gasteiger partial charge < -0.3 is 4.90 Å². The molecule has 2 saturated heterocycles. The lowest BCUT2D eigenvalue weighted by molar-refractivity contribution is -0.129. The summed E-state index contributed by atoms with van der Waals surface area (Å²) in [6.45, 7) is 9.10. The molecule has 2 aliphatic rings. The molecule has 0 aliphatic carbocycles. The van der Waals surface area contributed by atoms with E-state index in [1.54, 1.807) is 11.3 Å². The van der Waals surface area contributed by atoms with Gasteiger partial charge in [-0.3, -0.25) is 14.6 Å². The van der Waals surface area contributed by atoms with Crippen LogP contribution in [0, 0.1) is 6.92 Å². The SMILES string of the molecule is Cc1ccccc1[C@@H]1CC(=O)N(CN2CCN(Cc3ccsc3)CC2)C1. The maximum Gasteiger partial charge on any atom is 0.224 e. The number of carbonyl (C=O) groups excluding carboxylic acids is 1. The molecule has 4 nitrogen and oxygen atoms in total. The third kappa shape index (κ3) is 4.00. The van der Waals surface area contributed by atoms with E-state index in [0.29, 0.717) is 18.2 Å². The molecule has 1 amide bonds. The van der Waals surface area contributed by atoms with E-state index in [1.165, 1.54) is 16.7 Å². The van der Waals surface area contributed by atoms with Gasteiger partial charge in [0.25, 0.3) is 0 Å². The molecule has 2 fully saturated rings. The largest absolute Gasteiger partial charge is 0.329 e. The predicted molar refractivity (Wildman–Crippen MR) is 106 cm³/mol. The molecule has 0 saturated carbocycles. The Morgan fingerprint density at radius 1 is 1.08 bits per heavy atom. The number of piperazine rings is 1. The third-order valence-corrected chi connectivity index (χ3v) is 6.40. The van der Waals surface area contributed by atoms with Crippen molar-refractivity contribution in [3.63, 3.8) is 0 Å². The summed E-state index contributed by atoms with van der Waals surface area (Å²) in [6.07, 6.45) is 0.656. The van der Waals surface area contributed by atoms with E-state index in [1.807, 2.05) is 0 Å². The maximum atomic E-state index is 12.5. The van der Waals surface area contributed by atoms with Gasteiger partial charge in [0, 0.05) is 51.6 Å². The van der Waals surface area contributed by atoms with Crippen molar-refractivity contribution in [1.82, 2.24) is 14.7 Å². The first-order valence-corrected chi connectivity index (χ1v) is 10.4. The minimum absolute atomic E-state index is 0.305. The molecule has 26 heavy (non-hydrogen) atoms. The lowest BCUT2D eigenvalue weighted by Crippen LogP contribution is -2.49. The molecular weight excluding hydrogens is 342 g/mol. The van der Waals surface area contributed by atoms with Crippen LogP contribution in [-0.4, -0.2) is 60.0 Å². The highest BCUT2D eigenvalue weighted by atomic mass is 32.1. The lowest BCUT2D eigenvalue weighted by atomic mass is 9.94. The highest BCUT2D eigenvalue weighted by Gasteiger charge is 2.32. The molecule has 5 heteroatoms. The fraction of sp³-hybridized carbons (Fsp3) is 0.476. The zero-order valence-corrected chi connectivity index (χ0v) is 16.3. The summed E-state index contributed by atoms with van der Waals surface area (Å²) in [5.41, 5.74) is 4.05. The predicted octanol–water partition coefficient (Wildman–Crippen LogP) is 3.15. The fourth-order valence-electron chi connectivity index (χ4n) is 4.13. The first-order chi connectivity index (χ1) is 12.7. The zero-order chi connectivity index (χ0) is 17.9. The first-order valence-electron chi connectivity index (χ1n) is 9.48. The molecule has 1 aromatic heterocycles. The number of hydrogen-bond donors (Lipinski definition) is 0. The van der Waals surface area contributed by atoms with E-state index in [4.69, 9.17) is 0 Å². The Bertz CT molecular complexity index is 737. The van der Waals surface area contributed by atoms with Crippen LogP contribution in [0.15, 0.2) is 41.1 Å². The van der Waals surface area contributed by atoms with E-state index in [0.717, 1.165) is 45.9 Å². The molecule has 0 spiro atoms. The monoisotopic (exact) mass is 369 g/mol. The van der Waals surface area contributed by atoms with Gasteiger partial charge in [0.2, 0.25) is 5.91 Å². The summed E-state index contributed by atoms with van der Waals surface area (Å²) in [7, 11) is 0. The second-order valence-electron chi connectivity index (χ2n) is 7.54. The number of benzene rings is 1.